The molecule has 162 valence electrons. The number of allylic oxidation sites excluding steroid dienone is 3. The number of ketones is 1. The summed E-state index contributed by atoms with van der Waals surface area (Å²) < 4.78 is 17.0. The van der Waals surface area contributed by atoms with Crippen molar-refractivity contribution >= 4 is 11.8 Å². The molecule has 0 saturated heterocycles. The first-order valence-corrected chi connectivity index (χ1v) is 10.6. The molecule has 0 bridgehead atoms. The number of benzene rings is 1. The highest BCUT2D eigenvalue weighted by molar-refractivity contribution is 6.00. The Kier molecular flexibility index (Phi) is 5.26. The van der Waals surface area contributed by atoms with Gasteiger partial charge in [0.05, 0.1) is 18.4 Å². The smallest absolute Gasteiger partial charge is 0.314 e. The van der Waals surface area contributed by atoms with Crippen molar-refractivity contribution in [2.24, 2.45) is 17.1 Å². The first kappa shape index (κ1) is 21.0. The number of carbonyl (C=O) groups is 2. The summed E-state index contributed by atoms with van der Waals surface area (Å²) in [5, 5.41) is 9.80. The molecule has 1 unspecified atom stereocenters. The third kappa shape index (κ3) is 4.02. The van der Waals surface area contributed by atoms with E-state index < -0.39 is 5.92 Å². The van der Waals surface area contributed by atoms with Crippen LogP contribution >= 0.6 is 0 Å². The summed E-state index contributed by atoms with van der Waals surface area (Å²) in [4.78, 5) is 25.4. The van der Waals surface area contributed by atoms with Gasteiger partial charge in [-0.3, -0.25) is 9.59 Å². The maximum absolute atomic E-state index is 13.1. The maximum Gasteiger partial charge on any atom is 0.314 e. The molecule has 2 aliphatic carbocycles. The second kappa shape index (κ2) is 7.77. The Morgan fingerprint density at radius 2 is 2.03 bits per heavy atom. The van der Waals surface area contributed by atoms with Crippen molar-refractivity contribution < 1.29 is 23.8 Å². The predicted octanol–water partition coefficient (Wildman–Crippen LogP) is 3.85. The molecule has 2 N–H and O–H groups in total. The average Bonchev–Trinajstić information content (AvgIpc) is 3.53. The highest BCUT2D eigenvalue weighted by Gasteiger charge is 2.43. The van der Waals surface area contributed by atoms with E-state index in [0.717, 1.165) is 12.8 Å². The molecule has 1 saturated carbocycles. The van der Waals surface area contributed by atoms with Gasteiger partial charge in [0, 0.05) is 18.4 Å². The molecule has 7 heteroatoms. The minimum Gasteiger partial charge on any atom is -0.490 e. The van der Waals surface area contributed by atoms with E-state index in [4.69, 9.17) is 19.9 Å². The molecule has 0 amide bonds. The second-order valence-electron chi connectivity index (χ2n) is 9.04. The quantitative estimate of drug-likeness (QED) is 0.566. The molecule has 1 aromatic carbocycles. The number of hydrogen-bond donors (Lipinski definition) is 1. The molecule has 3 aliphatic rings. The fourth-order valence-corrected chi connectivity index (χ4v) is 4.19. The lowest BCUT2D eigenvalue weighted by atomic mass is 9.70. The van der Waals surface area contributed by atoms with Gasteiger partial charge >= 0.3 is 5.97 Å². The van der Waals surface area contributed by atoms with Crippen LogP contribution in [0.15, 0.2) is 41.0 Å². The Balaban J connectivity index is 1.80. The van der Waals surface area contributed by atoms with E-state index in [1.165, 1.54) is 0 Å². The number of nitrogens with two attached hydrogens (primary N) is 1. The Bertz CT molecular complexity index is 1060. The zero-order valence-corrected chi connectivity index (χ0v) is 18.0. The zero-order chi connectivity index (χ0) is 22.3. The van der Waals surface area contributed by atoms with E-state index in [-0.39, 0.29) is 40.3 Å². The molecule has 0 radical (unpaired) electrons. The van der Waals surface area contributed by atoms with Crippen LogP contribution in [-0.2, 0) is 14.3 Å². The van der Waals surface area contributed by atoms with Gasteiger partial charge in [-0.05, 0) is 42.9 Å². The summed E-state index contributed by atoms with van der Waals surface area (Å²) in [6, 6.07) is 7.26. The van der Waals surface area contributed by atoms with Crippen LogP contribution in [0.3, 0.4) is 0 Å². The lowest BCUT2D eigenvalue weighted by molar-refractivity contribution is -0.135. The van der Waals surface area contributed by atoms with Gasteiger partial charge in [-0.2, -0.15) is 5.26 Å². The van der Waals surface area contributed by atoms with Crippen LogP contribution in [0.4, 0.5) is 0 Å². The Morgan fingerprint density at radius 3 is 2.68 bits per heavy atom. The van der Waals surface area contributed by atoms with Gasteiger partial charge < -0.3 is 19.9 Å². The van der Waals surface area contributed by atoms with Crippen molar-refractivity contribution in [1.82, 2.24) is 0 Å². The standard InChI is InChI=1S/C24H26N2O5/c1-4-29-17-8-7-14(9-18(17)31-23(28)13-5-6-13)20-15(12-25)22(26)30-19-11-24(2,3)10-16(27)21(19)20/h7-9,13,20H,4-6,10-11,26H2,1-3H3. The number of nitriles is 1. The van der Waals surface area contributed by atoms with E-state index in [1.54, 1.807) is 18.2 Å². The van der Waals surface area contributed by atoms with E-state index in [0.29, 0.717) is 42.1 Å². The number of rotatable bonds is 5. The van der Waals surface area contributed by atoms with Crippen LogP contribution in [0.25, 0.3) is 0 Å². The van der Waals surface area contributed by atoms with Gasteiger partial charge in [0.15, 0.2) is 17.3 Å². The summed E-state index contributed by atoms with van der Waals surface area (Å²) >= 11 is 0. The molecular formula is C24H26N2O5. The molecular weight excluding hydrogens is 396 g/mol. The number of esters is 1. The van der Waals surface area contributed by atoms with Gasteiger partial charge in [-0.25, -0.2) is 0 Å². The summed E-state index contributed by atoms with van der Waals surface area (Å²) in [6.07, 6.45) is 2.54. The number of hydrogen-bond acceptors (Lipinski definition) is 7. The number of carbonyl (C=O) groups excluding carboxylic acids is 2. The Labute approximate surface area is 181 Å². The number of nitrogens with zero attached hydrogens (tertiary/aromatic N) is 1. The van der Waals surface area contributed by atoms with Crippen LogP contribution in [0.2, 0.25) is 0 Å². The number of ether oxygens (including phenoxy) is 3. The fraction of sp³-hybridized carbons (Fsp3) is 0.458. The molecule has 0 spiro atoms. The predicted molar refractivity (Wildman–Crippen MR) is 112 cm³/mol. The highest BCUT2D eigenvalue weighted by Crippen LogP contribution is 2.49. The van der Waals surface area contributed by atoms with Crippen molar-refractivity contribution in [2.75, 3.05) is 6.61 Å². The lowest BCUT2D eigenvalue weighted by Crippen LogP contribution is -2.33. The largest absolute Gasteiger partial charge is 0.490 e. The normalized spacial score (nSPS) is 22.4. The van der Waals surface area contributed by atoms with Crippen molar-refractivity contribution in [3.05, 3.63) is 46.6 Å². The number of Topliss-reactive ketones (excluding diaryl/α,β-unsaturated/α-hetero) is 1. The molecule has 4 rings (SSSR count). The van der Waals surface area contributed by atoms with Crippen LogP contribution in [0.1, 0.15) is 57.9 Å². The lowest BCUT2D eigenvalue weighted by Gasteiger charge is -2.37. The zero-order valence-electron chi connectivity index (χ0n) is 18.0. The van der Waals surface area contributed by atoms with Crippen molar-refractivity contribution in [1.29, 1.82) is 5.26 Å². The third-order valence-electron chi connectivity index (χ3n) is 5.80. The van der Waals surface area contributed by atoms with Gasteiger partial charge in [-0.1, -0.05) is 19.9 Å². The van der Waals surface area contributed by atoms with E-state index in [2.05, 4.69) is 6.07 Å². The van der Waals surface area contributed by atoms with E-state index in [1.807, 2.05) is 20.8 Å². The minimum absolute atomic E-state index is 0.00200. The third-order valence-corrected chi connectivity index (χ3v) is 5.80. The van der Waals surface area contributed by atoms with Gasteiger partial charge in [0.25, 0.3) is 0 Å². The van der Waals surface area contributed by atoms with Crippen LogP contribution in [-0.4, -0.2) is 18.4 Å². The van der Waals surface area contributed by atoms with Crippen molar-refractivity contribution in [3.63, 3.8) is 0 Å². The summed E-state index contributed by atoms with van der Waals surface area (Å²) in [5.41, 5.74) is 7.09. The fourth-order valence-electron chi connectivity index (χ4n) is 4.19. The molecule has 31 heavy (non-hydrogen) atoms. The minimum atomic E-state index is -0.675. The summed E-state index contributed by atoms with van der Waals surface area (Å²) in [7, 11) is 0. The van der Waals surface area contributed by atoms with Crippen LogP contribution in [0.5, 0.6) is 11.5 Å². The molecule has 0 aromatic heterocycles. The second-order valence-corrected chi connectivity index (χ2v) is 9.04. The molecule has 1 fully saturated rings. The van der Waals surface area contributed by atoms with Gasteiger partial charge in [0.2, 0.25) is 5.88 Å². The average molecular weight is 422 g/mol. The molecule has 1 aliphatic heterocycles. The monoisotopic (exact) mass is 422 g/mol. The summed E-state index contributed by atoms with van der Waals surface area (Å²) in [6.45, 7) is 6.25. The summed E-state index contributed by atoms with van der Waals surface area (Å²) in [5.74, 6) is 0.111. The molecule has 7 nitrogen and oxygen atoms in total. The Hall–Kier alpha value is -3.27. The maximum atomic E-state index is 13.1. The first-order valence-electron chi connectivity index (χ1n) is 10.6. The molecule has 1 atom stereocenters. The van der Waals surface area contributed by atoms with E-state index in [9.17, 15) is 14.9 Å². The first-order chi connectivity index (χ1) is 14.7. The molecule has 1 aromatic rings. The Morgan fingerprint density at radius 1 is 1.29 bits per heavy atom. The van der Waals surface area contributed by atoms with Crippen LogP contribution in [0, 0.1) is 22.7 Å². The van der Waals surface area contributed by atoms with Gasteiger partial charge in [-0.15, -0.1) is 0 Å². The van der Waals surface area contributed by atoms with Crippen LogP contribution < -0.4 is 15.2 Å². The SMILES string of the molecule is CCOc1ccc(C2C(C#N)=C(N)OC3=C2C(=O)CC(C)(C)C3)cc1OC(=O)C1CC1. The molecule has 1 heterocycles. The highest BCUT2D eigenvalue weighted by atomic mass is 16.6. The van der Waals surface area contributed by atoms with Gasteiger partial charge in [0.1, 0.15) is 17.4 Å². The van der Waals surface area contributed by atoms with Crippen molar-refractivity contribution in [2.45, 2.75) is 52.4 Å². The topological polar surface area (TPSA) is 112 Å². The van der Waals surface area contributed by atoms with E-state index >= 15 is 0 Å². The van der Waals surface area contributed by atoms with Crippen molar-refractivity contribution in [3.8, 4) is 17.6 Å².